The first-order valence-electron chi connectivity index (χ1n) is 10.5. The smallest absolute Gasteiger partial charge is 0.422 e. The van der Waals surface area contributed by atoms with E-state index in [9.17, 15) is 18.0 Å². The quantitative estimate of drug-likeness (QED) is 0.359. The van der Waals surface area contributed by atoms with E-state index in [2.05, 4.69) is 15.6 Å². The number of hydrogen-bond acceptors (Lipinski definition) is 3. The molecular weight excluding hydrogens is 397 g/mol. The van der Waals surface area contributed by atoms with Gasteiger partial charge < -0.3 is 20.3 Å². The zero-order chi connectivity index (χ0) is 21.8. The van der Waals surface area contributed by atoms with Crippen molar-refractivity contribution in [3.63, 3.8) is 0 Å². The average Bonchev–Trinajstić information content (AvgIpc) is 2.91. The number of benzene rings is 1. The molecule has 1 aromatic carbocycles. The normalized spacial score (nSPS) is 15.7. The lowest BCUT2D eigenvalue weighted by Gasteiger charge is -2.20. The van der Waals surface area contributed by atoms with Crippen molar-refractivity contribution in [2.75, 3.05) is 32.8 Å². The maximum Gasteiger partial charge on any atom is 0.422 e. The number of aliphatic imine (C=N–C) groups is 1. The van der Waals surface area contributed by atoms with E-state index < -0.39 is 12.8 Å². The summed E-state index contributed by atoms with van der Waals surface area (Å²) in [4.78, 5) is 18.4. The summed E-state index contributed by atoms with van der Waals surface area (Å²) in [7, 11) is 0. The molecule has 1 fully saturated rings. The van der Waals surface area contributed by atoms with Crippen LogP contribution in [0.15, 0.2) is 29.3 Å². The first-order valence-corrected chi connectivity index (χ1v) is 10.5. The predicted molar refractivity (Wildman–Crippen MR) is 110 cm³/mol. The van der Waals surface area contributed by atoms with Gasteiger partial charge in [-0.05, 0) is 43.9 Å². The second-order valence-electron chi connectivity index (χ2n) is 7.22. The zero-order valence-corrected chi connectivity index (χ0v) is 17.4. The molecule has 0 atom stereocenters. The van der Waals surface area contributed by atoms with Crippen LogP contribution in [0.1, 0.15) is 44.6 Å². The van der Waals surface area contributed by atoms with Gasteiger partial charge >= 0.3 is 6.18 Å². The highest BCUT2D eigenvalue weighted by atomic mass is 19.4. The Morgan fingerprint density at radius 3 is 2.83 bits per heavy atom. The molecule has 0 bridgehead atoms. The number of amides is 1. The van der Waals surface area contributed by atoms with Crippen molar-refractivity contribution in [1.82, 2.24) is 15.5 Å². The molecule has 168 valence electrons. The highest BCUT2D eigenvalue weighted by molar-refractivity contribution is 5.79. The number of likely N-dealkylation sites (tertiary alicyclic amines) is 1. The van der Waals surface area contributed by atoms with E-state index >= 15 is 0 Å². The maximum atomic E-state index is 12.3. The molecule has 2 N–H and O–H groups in total. The van der Waals surface area contributed by atoms with Crippen LogP contribution in [-0.2, 0) is 11.3 Å². The summed E-state index contributed by atoms with van der Waals surface area (Å²) < 4.78 is 41.7. The van der Waals surface area contributed by atoms with Gasteiger partial charge in [-0.25, -0.2) is 4.99 Å². The van der Waals surface area contributed by atoms with Crippen molar-refractivity contribution >= 4 is 11.9 Å². The van der Waals surface area contributed by atoms with Crippen LogP contribution in [0, 0.1) is 0 Å². The molecule has 2 rings (SSSR count). The molecule has 6 nitrogen and oxygen atoms in total. The van der Waals surface area contributed by atoms with E-state index in [1.54, 1.807) is 18.2 Å². The summed E-state index contributed by atoms with van der Waals surface area (Å²) in [6.07, 6.45) is 0.247. The standard InChI is InChI=1S/C21H31F3N4O2/c1-2-25-20(26-11-7-13-28-12-5-3-4-10-19(28)29)27-15-17-8-6-9-18(14-17)30-16-21(22,23)24/h6,8-9,14H,2-5,7,10-13,15-16H2,1H3,(H2,25,26,27). The summed E-state index contributed by atoms with van der Waals surface area (Å²) >= 11 is 0. The molecule has 9 heteroatoms. The summed E-state index contributed by atoms with van der Waals surface area (Å²) in [5, 5.41) is 6.39. The van der Waals surface area contributed by atoms with Crippen molar-refractivity contribution in [2.24, 2.45) is 4.99 Å². The van der Waals surface area contributed by atoms with Gasteiger partial charge in [0.05, 0.1) is 6.54 Å². The number of halogens is 3. The Labute approximate surface area is 175 Å². The molecule has 0 spiro atoms. The second-order valence-corrected chi connectivity index (χ2v) is 7.22. The maximum absolute atomic E-state index is 12.3. The summed E-state index contributed by atoms with van der Waals surface area (Å²) in [5.41, 5.74) is 0.752. The van der Waals surface area contributed by atoms with Crippen LogP contribution in [-0.4, -0.2) is 55.7 Å². The van der Waals surface area contributed by atoms with Crippen LogP contribution in [0.3, 0.4) is 0 Å². The van der Waals surface area contributed by atoms with E-state index in [-0.39, 0.29) is 11.7 Å². The van der Waals surface area contributed by atoms with Gasteiger partial charge in [0, 0.05) is 32.6 Å². The van der Waals surface area contributed by atoms with Crippen LogP contribution < -0.4 is 15.4 Å². The van der Waals surface area contributed by atoms with Crippen molar-refractivity contribution in [3.05, 3.63) is 29.8 Å². The SMILES string of the molecule is CCNC(=NCc1cccc(OCC(F)(F)F)c1)NCCCN1CCCCCC1=O. The Hall–Kier alpha value is -2.45. The third-order valence-corrected chi connectivity index (χ3v) is 4.63. The lowest BCUT2D eigenvalue weighted by molar-refractivity contribution is -0.153. The Bertz CT molecular complexity index is 695. The van der Waals surface area contributed by atoms with Gasteiger partial charge in [-0.3, -0.25) is 4.79 Å². The van der Waals surface area contributed by atoms with E-state index in [0.29, 0.717) is 32.0 Å². The number of hydrogen-bond donors (Lipinski definition) is 2. The van der Waals surface area contributed by atoms with Gasteiger partial charge in [-0.2, -0.15) is 13.2 Å². The molecule has 30 heavy (non-hydrogen) atoms. The molecule has 1 saturated heterocycles. The largest absolute Gasteiger partial charge is 0.484 e. The lowest BCUT2D eigenvalue weighted by Crippen LogP contribution is -2.39. The molecule has 1 aromatic rings. The second kappa shape index (κ2) is 12.3. The van der Waals surface area contributed by atoms with E-state index in [1.807, 2.05) is 11.8 Å². The molecule has 0 aliphatic carbocycles. The molecule has 1 heterocycles. The first kappa shape index (κ1) is 23.8. The average molecular weight is 428 g/mol. The summed E-state index contributed by atoms with van der Waals surface area (Å²) in [5.74, 6) is 1.03. The highest BCUT2D eigenvalue weighted by Gasteiger charge is 2.28. The van der Waals surface area contributed by atoms with Crippen LogP contribution in [0.5, 0.6) is 5.75 Å². The van der Waals surface area contributed by atoms with Gasteiger partial charge in [-0.15, -0.1) is 0 Å². The molecule has 0 aromatic heterocycles. The fourth-order valence-corrected chi connectivity index (χ4v) is 3.16. The highest BCUT2D eigenvalue weighted by Crippen LogP contribution is 2.19. The van der Waals surface area contributed by atoms with Crippen molar-refractivity contribution in [1.29, 1.82) is 0 Å². The predicted octanol–water partition coefficient (Wildman–Crippen LogP) is 3.48. The zero-order valence-electron chi connectivity index (χ0n) is 17.4. The number of rotatable bonds is 9. The van der Waals surface area contributed by atoms with Crippen molar-refractivity contribution in [2.45, 2.75) is 51.7 Å². The van der Waals surface area contributed by atoms with Gasteiger partial charge in [0.1, 0.15) is 5.75 Å². The molecule has 1 amide bonds. The summed E-state index contributed by atoms with van der Waals surface area (Å²) in [6.45, 7) is 3.87. The summed E-state index contributed by atoms with van der Waals surface area (Å²) in [6, 6.07) is 6.49. The van der Waals surface area contributed by atoms with Crippen LogP contribution >= 0.6 is 0 Å². The van der Waals surface area contributed by atoms with E-state index in [1.165, 1.54) is 6.07 Å². The van der Waals surface area contributed by atoms with Gasteiger partial charge in [0.15, 0.2) is 12.6 Å². The number of nitrogens with zero attached hydrogens (tertiary/aromatic N) is 2. The van der Waals surface area contributed by atoms with Gasteiger partial charge in [-0.1, -0.05) is 18.6 Å². The number of carbonyl (C=O) groups excluding carboxylic acids is 1. The fraction of sp³-hybridized carbons (Fsp3) is 0.619. The van der Waals surface area contributed by atoms with Gasteiger partial charge in [0.2, 0.25) is 5.91 Å². The third kappa shape index (κ3) is 9.37. The number of nitrogens with one attached hydrogen (secondary N) is 2. The number of guanidine groups is 1. The monoisotopic (exact) mass is 428 g/mol. The molecule has 1 aliphatic heterocycles. The third-order valence-electron chi connectivity index (χ3n) is 4.63. The Morgan fingerprint density at radius 2 is 2.07 bits per heavy atom. The van der Waals surface area contributed by atoms with E-state index in [4.69, 9.17) is 4.74 Å². The number of alkyl halides is 3. The van der Waals surface area contributed by atoms with Crippen molar-refractivity contribution in [3.8, 4) is 5.75 Å². The van der Waals surface area contributed by atoms with E-state index in [0.717, 1.165) is 44.3 Å². The Kier molecular flexibility index (Phi) is 9.76. The van der Waals surface area contributed by atoms with Crippen LogP contribution in [0.4, 0.5) is 13.2 Å². The number of ether oxygens (including phenoxy) is 1. The minimum atomic E-state index is -4.37. The van der Waals surface area contributed by atoms with Crippen LogP contribution in [0.2, 0.25) is 0 Å². The molecule has 0 saturated carbocycles. The topological polar surface area (TPSA) is 66.0 Å². The Balaban J connectivity index is 1.81. The minimum Gasteiger partial charge on any atom is -0.484 e. The van der Waals surface area contributed by atoms with Crippen LogP contribution in [0.25, 0.3) is 0 Å². The fourth-order valence-electron chi connectivity index (χ4n) is 3.16. The molecule has 1 aliphatic rings. The Morgan fingerprint density at radius 1 is 1.23 bits per heavy atom. The molecule has 0 radical (unpaired) electrons. The number of carbonyl (C=O) groups is 1. The first-order chi connectivity index (χ1) is 14.4. The molecule has 0 unspecified atom stereocenters. The van der Waals surface area contributed by atoms with Gasteiger partial charge in [0.25, 0.3) is 0 Å². The minimum absolute atomic E-state index is 0.167. The lowest BCUT2D eigenvalue weighted by atomic mass is 10.2. The molecular formula is C21H31F3N4O2. The van der Waals surface area contributed by atoms with Crippen molar-refractivity contribution < 1.29 is 22.7 Å².